The van der Waals surface area contributed by atoms with Crippen molar-refractivity contribution in [1.82, 2.24) is 10.6 Å². The highest BCUT2D eigenvalue weighted by Gasteiger charge is 2.36. The summed E-state index contributed by atoms with van der Waals surface area (Å²) in [5.74, 6) is 0. The van der Waals surface area contributed by atoms with Gasteiger partial charge in [-0.25, -0.2) is 0 Å². The van der Waals surface area contributed by atoms with Gasteiger partial charge in [0.25, 0.3) is 0 Å². The van der Waals surface area contributed by atoms with Crippen LogP contribution >= 0.6 is 0 Å². The zero-order chi connectivity index (χ0) is 12.3. The van der Waals surface area contributed by atoms with Crippen molar-refractivity contribution >= 4 is 6.21 Å². The number of alkyl halides is 3. The molecule has 4 nitrogen and oxygen atoms in total. The van der Waals surface area contributed by atoms with E-state index in [1.165, 1.54) is 0 Å². The number of rotatable bonds is 2. The molecule has 92 valence electrons. The van der Waals surface area contributed by atoms with Gasteiger partial charge in [0.1, 0.15) is 5.70 Å². The van der Waals surface area contributed by atoms with Crippen LogP contribution in [0.5, 0.6) is 0 Å². The first kappa shape index (κ1) is 13.0. The number of nitrogens with two attached hydrogens (primary N) is 1. The smallest absolute Gasteiger partial charge is 0.394 e. The van der Waals surface area contributed by atoms with Crippen molar-refractivity contribution in [2.24, 2.45) is 5.73 Å². The summed E-state index contributed by atoms with van der Waals surface area (Å²) in [6, 6.07) is -0.516. The molecular formula is C9H15F3N4. The zero-order valence-corrected chi connectivity index (χ0v) is 8.86. The van der Waals surface area contributed by atoms with Crippen LogP contribution in [0.1, 0.15) is 6.92 Å². The van der Waals surface area contributed by atoms with Gasteiger partial charge < -0.3 is 21.8 Å². The SMILES string of the molecule is CC1CNCC(/C(C=N)=C(/N)C(F)(F)F)N1. The van der Waals surface area contributed by atoms with E-state index >= 15 is 0 Å². The maximum Gasteiger partial charge on any atom is 0.431 e. The molecule has 1 aliphatic rings. The van der Waals surface area contributed by atoms with Gasteiger partial charge in [-0.05, 0) is 6.92 Å². The van der Waals surface area contributed by atoms with Crippen LogP contribution in [0.25, 0.3) is 0 Å². The Morgan fingerprint density at radius 3 is 2.50 bits per heavy atom. The molecule has 0 aromatic rings. The molecule has 1 aliphatic heterocycles. The predicted octanol–water partition coefficient (Wildman–Crippen LogP) is 0.361. The molecule has 1 rings (SSSR count). The molecular weight excluding hydrogens is 221 g/mol. The van der Waals surface area contributed by atoms with Crippen LogP contribution in [0.4, 0.5) is 13.2 Å². The molecule has 5 N–H and O–H groups in total. The Kier molecular flexibility index (Phi) is 3.93. The van der Waals surface area contributed by atoms with Crippen LogP contribution in [0.2, 0.25) is 0 Å². The minimum Gasteiger partial charge on any atom is -0.394 e. The number of nitrogens with one attached hydrogen (secondary N) is 3. The molecule has 7 heteroatoms. The molecule has 0 aromatic carbocycles. The summed E-state index contributed by atoms with van der Waals surface area (Å²) < 4.78 is 37.2. The molecule has 1 heterocycles. The van der Waals surface area contributed by atoms with Gasteiger partial charge in [-0.3, -0.25) is 0 Å². The van der Waals surface area contributed by atoms with Gasteiger partial charge in [0.2, 0.25) is 0 Å². The summed E-state index contributed by atoms with van der Waals surface area (Å²) in [7, 11) is 0. The fourth-order valence-corrected chi connectivity index (χ4v) is 1.63. The van der Waals surface area contributed by atoms with Gasteiger partial charge >= 0.3 is 6.18 Å². The Balaban J connectivity index is 2.93. The number of allylic oxidation sites excluding steroid dienone is 1. The van der Waals surface area contributed by atoms with E-state index in [1.807, 2.05) is 6.92 Å². The molecule has 1 fully saturated rings. The van der Waals surface area contributed by atoms with Crippen LogP contribution in [-0.4, -0.2) is 37.6 Å². The third-order valence-electron chi connectivity index (χ3n) is 2.43. The summed E-state index contributed by atoms with van der Waals surface area (Å²) in [5.41, 5.74) is 3.60. The zero-order valence-electron chi connectivity index (χ0n) is 8.86. The average Bonchev–Trinajstić information content (AvgIpc) is 2.17. The minimum absolute atomic E-state index is 0.0507. The van der Waals surface area contributed by atoms with Crippen LogP contribution in [0, 0.1) is 5.41 Å². The standard InChI is InChI=1S/C9H15F3N4/c1-5-3-15-4-7(16-5)6(2-13)8(14)9(10,11)12/h2,5,7,13,15-16H,3-4,14H2,1H3/b8-6+,13-2?. The second-order valence-corrected chi connectivity index (χ2v) is 3.79. The van der Waals surface area contributed by atoms with Crippen LogP contribution < -0.4 is 16.4 Å². The van der Waals surface area contributed by atoms with E-state index in [9.17, 15) is 13.2 Å². The van der Waals surface area contributed by atoms with Crippen molar-refractivity contribution in [3.63, 3.8) is 0 Å². The Morgan fingerprint density at radius 1 is 1.44 bits per heavy atom. The summed E-state index contributed by atoms with van der Waals surface area (Å²) >= 11 is 0. The highest BCUT2D eigenvalue weighted by molar-refractivity contribution is 5.79. The van der Waals surface area contributed by atoms with E-state index in [0.29, 0.717) is 19.3 Å². The van der Waals surface area contributed by atoms with Crippen LogP contribution in [0.15, 0.2) is 11.3 Å². The Bertz CT molecular complexity index is 298. The van der Waals surface area contributed by atoms with Crippen LogP contribution in [-0.2, 0) is 0 Å². The first-order chi connectivity index (χ1) is 7.36. The average molecular weight is 236 g/mol. The lowest BCUT2D eigenvalue weighted by atomic mass is 10.0. The molecule has 16 heavy (non-hydrogen) atoms. The van der Waals surface area contributed by atoms with Crippen molar-refractivity contribution in [2.75, 3.05) is 13.1 Å². The Labute approximate surface area is 91.6 Å². The first-order valence-electron chi connectivity index (χ1n) is 4.90. The number of piperazine rings is 1. The summed E-state index contributed by atoms with van der Waals surface area (Å²) in [6.45, 7) is 2.88. The molecule has 2 unspecified atom stereocenters. The lowest BCUT2D eigenvalue weighted by molar-refractivity contribution is -0.0934. The van der Waals surface area contributed by atoms with Gasteiger partial charge in [-0.1, -0.05) is 0 Å². The molecule has 0 bridgehead atoms. The highest BCUT2D eigenvalue weighted by atomic mass is 19.4. The predicted molar refractivity (Wildman–Crippen MR) is 55.3 cm³/mol. The second kappa shape index (κ2) is 4.84. The van der Waals surface area contributed by atoms with Crippen molar-refractivity contribution in [3.05, 3.63) is 11.3 Å². The van der Waals surface area contributed by atoms with E-state index in [0.717, 1.165) is 0 Å². The highest BCUT2D eigenvalue weighted by Crippen LogP contribution is 2.25. The van der Waals surface area contributed by atoms with Gasteiger partial charge in [-0.15, -0.1) is 0 Å². The minimum atomic E-state index is -4.59. The summed E-state index contributed by atoms with van der Waals surface area (Å²) in [4.78, 5) is 0. The normalized spacial score (nSPS) is 28.5. The van der Waals surface area contributed by atoms with E-state index in [4.69, 9.17) is 11.1 Å². The van der Waals surface area contributed by atoms with E-state index in [1.54, 1.807) is 0 Å². The maximum atomic E-state index is 12.4. The van der Waals surface area contributed by atoms with Crippen LogP contribution in [0.3, 0.4) is 0 Å². The largest absolute Gasteiger partial charge is 0.431 e. The topological polar surface area (TPSA) is 73.9 Å². The number of halogens is 3. The van der Waals surface area contributed by atoms with E-state index in [-0.39, 0.29) is 11.6 Å². The summed E-state index contributed by atoms with van der Waals surface area (Å²) in [6.07, 6.45) is -3.92. The van der Waals surface area contributed by atoms with Gasteiger partial charge in [-0.2, -0.15) is 13.2 Å². The van der Waals surface area contributed by atoms with E-state index < -0.39 is 17.9 Å². The third-order valence-corrected chi connectivity index (χ3v) is 2.43. The molecule has 0 spiro atoms. The summed E-state index contributed by atoms with van der Waals surface area (Å²) in [5, 5.41) is 13.0. The van der Waals surface area contributed by atoms with Gasteiger partial charge in [0.05, 0.1) is 0 Å². The quantitative estimate of drug-likeness (QED) is 0.523. The molecule has 0 amide bonds. The molecule has 0 saturated carbocycles. The maximum absolute atomic E-state index is 12.4. The van der Waals surface area contributed by atoms with Crippen molar-refractivity contribution in [1.29, 1.82) is 5.41 Å². The Hall–Kier alpha value is -1.08. The van der Waals surface area contributed by atoms with Crippen molar-refractivity contribution in [3.8, 4) is 0 Å². The second-order valence-electron chi connectivity index (χ2n) is 3.79. The molecule has 0 radical (unpaired) electrons. The van der Waals surface area contributed by atoms with Crippen molar-refractivity contribution in [2.45, 2.75) is 25.2 Å². The monoisotopic (exact) mass is 236 g/mol. The lowest BCUT2D eigenvalue weighted by Crippen LogP contribution is -2.55. The number of hydrogen-bond donors (Lipinski definition) is 4. The lowest BCUT2D eigenvalue weighted by Gasteiger charge is -2.31. The molecule has 0 aromatic heterocycles. The molecule has 1 saturated heterocycles. The molecule has 2 atom stereocenters. The fourth-order valence-electron chi connectivity index (χ4n) is 1.63. The third kappa shape index (κ3) is 2.96. The van der Waals surface area contributed by atoms with Crippen molar-refractivity contribution < 1.29 is 13.2 Å². The Morgan fingerprint density at radius 2 is 2.06 bits per heavy atom. The van der Waals surface area contributed by atoms with Gasteiger partial charge in [0, 0.05) is 37.0 Å². The fraction of sp³-hybridized carbons (Fsp3) is 0.667. The van der Waals surface area contributed by atoms with E-state index in [2.05, 4.69) is 10.6 Å². The van der Waals surface area contributed by atoms with Gasteiger partial charge in [0.15, 0.2) is 0 Å². The first-order valence-corrected chi connectivity index (χ1v) is 4.90. The number of hydrogen-bond acceptors (Lipinski definition) is 4. The molecule has 0 aliphatic carbocycles.